The number of aromatic nitrogens is 1. The lowest BCUT2D eigenvalue weighted by Gasteiger charge is -2.27. The summed E-state index contributed by atoms with van der Waals surface area (Å²) in [5, 5.41) is 0. The fourth-order valence-electron chi connectivity index (χ4n) is 3.93. The Labute approximate surface area is 191 Å². The maximum Gasteiger partial charge on any atom is 0.261 e. The van der Waals surface area contributed by atoms with Gasteiger partial charge in [0.25, 0.3) is 5.91 Å². The molecule has 0 aliphatic carbocycles. The number of benzene rings is 2. The van der Waals surface area contributed by atoms with E-state index in [0.717, 1.165) is 11.3 Å². The molecule has 0 saturated heterocycles. The molecule has 1 aliphatic rings. The van der Waals surface area contributed by atoms with Crippen molar-refractivity contribution < 1.29 is 18.7 Å². The summed E-state index contributed by atoms with van der Waals surface area (Å²) in [4.78, 5) is 22.9. The number of guanidine groups is 1. The van der Waals surface area contributed by atoms with Crippen LogP contribution < -0.4 is 15.2 Å². The molecule has 7 nitrogen and oxygen atoms in total. The second-order valence-electron chi connectivity index (χ2n) is 7.74. The van der Waals surface area contributed by atoms with Crippen LogP contribution in [-0.4, -0.2) is 35.9 Å². The number of carbonyl (C=O) groups excluding carboxylic acids is 1. The molecule has 4 rings (SSSR count). The highest BCUT2D eigenvalue weighted by Crippen LogP contribution is 2.42. The molecule has 8 heteroatoms. The molecule has 0 radical (unpaired) electrons. The Hall–Kier alpha value is -3.94. The van der Waals surface area contributed by atoms with Gasteiger partial charge in [-0.25, -0.2) is 9.98 Å². The molecule has 3 aromatic rings. The Kier molecular flexibility index (Phi) is 6.00. The Morgan fingerprint density at radius 3 is 2.52 bits per heavy atom. The summed E-state index contributed by atoms with van der Waals surface area (Å²) < 4.78 is 25.8. The first-order chi connectivity index (χ1) is 15.9. The van der Waals surface area contributed by atoms with Crippen molar-refractivity contribution in [2.75, 3.05) is 14.2 Å². The van der Waals surface area contributed by atoms with E-state index in [1.807, 2.05) is 31.2 Å². The third-order valence-corrected chi connectivity index (χ3v) is 5.87. The summed E-state index contributed by atoms with van der Waals surface area (Å²) >= 11 is 0. The number of nitrogens with zero attached hydrogens (tertiary/aromatic N) is 3. The fraction of sp³-hybridized carbons (Fsp3) is 0.240. The van der Waals surface area contributed by atoms with Crippen molar-refractivity contribution >= 4 is 11.9 Å². The highest BCUT2D eigenvalue weighted by Gasteiger charge is 2.48. The summed E-state index contributed by atoms with van der Waals surface area (Å²) in [5.41, 5.74) is 7.08. The van der Waals surface area contributed by atoms with E-state index in [1.54, 1.807) is 44.5 Å². The summed E-state index contributed by atoms with van der Waals surface area (Å²) in [7, 11) is 3.19. The monoisotopic (exact) mass is 448 g/mol. The zero-order valence-corrected chi connectivity index (χ0v) is 18.7. The van der Waals surface area contributed by atoms with Gasteiger partial charge in [0, 0.05) is 24.4 Å². The Morgan fingerprint density at radius 1 is 1.15 bits per heavy atom. The quantitative estimate of drug-likeness (QED) is 0.554. The van der Waals surface area contributed by atoms with Crippen LogP contribution in [0, 0.1) is 5.95 Å². The second kappa shape index (κ2) is 8.90. The molecular formula is C25H25FN4O3. The maximum absolute atomic E-state index is 14.4. The number of carbonyl (C=O) groups is 1. The largest absolute Gasteiger partial charge is 0.497 e. The summed E-state index contributed by atoms with van der Waals surface area (Å²) in [6.45, 7) is 2.12. The topological polar surface area (TPSA) is 90.0 Å². The molecule has 1 amide bonds. The summed E-state index contributed by atoms with van der Waals surface area (Å²) in [6.07, 6.45) is 1.74. The van der Waals surface area contributed by atoms with Crippen molar-refractivity contribution in [2.24, 2.45) is 10.7 Å². The second-order valence-corrected chi connectivity index (χ2v) is 7.74. The summed E-state index contributed by atoms with van der Waals surface area (Å²) in [5.74, 6) is 0.484. The zero-order chi connectivity index (χ0) is 23.6. The third kappa shape index (κ3) is 4.00. The number of rotatable bonds is 7. The maximum atomic E-state index is 14.4. The van der Waals surface area contributed by atoms with E-state index in [1.165, 1.54) is 11.1 Å². The first-order valence-corrected chi connectivity index (χ1v) is 10.5. The van der Waals surface area contributed by atoms with E-state index in [4.69, 9.17) is 15.2 Å². The highest BCUT2D eigenvalue weighted by molar-refractivity contribution is 6.07. The van der Waals surface area contributed by atoms with Crippen LogP contribution in [-0.2, 0) is 16.9 Å². The standard InChI is InChI=1S/C25H25FN4O3/c1-4-25(23(31)30(2)24(27)29-25)20-14-17(19-6-5-13-28-22(19)26)9-12-21(20)33-15-16-7-10-18(32-3)11-8-16/h5-14H,4,15H2,1-3H3,(H2,27,29)/t25-/m1/s1. The highest BCUT2D eigenvalue weighted by atomic mass is 19.1. The minimum absolute atomic E-state index is 0.126. The molecule has 170 valence electrons. The SMILES string of the molecule is CC[C@]1(c2cc(-c3cccnc3F)ccc2OCc2ccc(OC)cc2)N=C(N)N(C)C1=O. The lowest BCUT2D eigenvalue weighted by atomic mass is 9.85. The van der Waals surface area contributed by atoms with Crippen molar-refractivity contribution in [3.63, 3.8) is 0 Å². The van der Waals surface area contributed by atoms with E-state index in [9.17, 15) is 9.18 Å². The van der Waals surface area contributed by atoms with Gasteiger partial charge < -0.3 is 15.2 Å². The van der Waals surface area contributed by atoms with Crippen LogP contribution >= 0.6 is 0 Å². The molecule has 1 aliphatic heterocycles. The Balaban J connectivity index is 1.79. The van der Waals surface area contributed by atoms with Gasteiger partial charge in [-0.15, -0.1) is 0 Å². The molecule has 33 heavy (non-hydrogen) atoms. The molecule has 0 bridgehead atoms. The van der Waals surface area contributed by atoms with Crippen LogP contribution in [0.15, 0.2) is 65.8 Å². The molecule has 0 spiro atoms. The van der Waals surface area contributed by atoms with Crippen LogP contribution in [0.1, 0.15) is 24.5 Å². The number of ether oxygens (including phenoxy) is 2. The fourth-order valence-corrected chi connectivity index (χ4v) is 3.93. The van der Waals surface area contributed by atoms with E-state index < -0.39 is 11.5 Å². The van der Waals surface area contributed by atoms with Crippen LogP contribution in [0.5, 0.6) is 11.5 Å². The average Bonchev–Trinajstić information content (AvgIpc) is 3.07. The number of methoxy groups -OCH3 is 1. The zero-order valence-electron chi connectivity index (χ0n) is 18.7. The molecule has 1 atom stereocenters. The summed E-state index contributed by atoms with van der Waals surface area (Å²) in [6, 6.07) is 16.0. The van der Waals surface area contributed by atoms with Crippen molar-refractivity contribution in [2.45, 2.75) is 25.5 Å². The Morgan fingerprint density at radius 2 is 1.91 bits per heavy atom. The van der Waals surface area contributed by atoms with Gasteiger partial charge in [0.15, 0.2) is 11.5 Å². The van der Waals surface area contributed by atoms with Gasteiger partial charge in [0.2, 0.25) is 5.95 Å². The van der Waals surface area contributed by atoms with Gasteiger partial charge >= 0.3 is 0 Å². The van der Waals surface area contributed by atoms with Gasteiger partial charge in [-0.1, -0.05) is 25.1 Å². The number of amides is 1. The smallest absolute Gasteiger partial charge is 0.261 e. The normalized spacial score (nSPS) is 17.8. The predicted molar refractivity (Wildman–Crippen MR) is 123 cm³/mol. The lowest BCUT2D eigenvalue weighted by molar-refractivity contribution is -0.130. The molecule has 0 unspecified atom stereocenters. The first-order valence-electron chi connectivity index (χ1n) is 10.5. The molecule has 0 fully saturated rings. The van der Waals surface area contributed by atoms with Gasteiger partial charge in [0.05, 0.1) is 7.11 Å². The molecule has 2 heterocycles. The molecular weight excluding hydrogens is 423 g/mol. The molecule has 2 aromatic carbocycles. The first kappa shape index (κ1) is 22.3. The number of nitrogens with two attached hydrogens (primary N) is 1. The van der Waals surface area contributed by atoms with Crippen LogP contribution in [0.4, 0.5) is 4.39 Å². The predicted octanol–water partition coefficient (Wildman–Crippen LogP) is 3.87. The van der Waals surface area contributed by atoms with Gasteiger partial charge in [-0.2, -0.15) is 4.39 Å². The van der Waals surface area contributed by atoms with E-state index in [-0.39, 0.29) is 18.5 Å². The molecule has 2 N–H and O–H groups in total. The number of halogens is 1. The third-order valence-electron chi connectivity index (χ3n) is 5.87. The lowest BCUT2D eigenvalue weighted by Crippen LogP contribution is -2.40. The van der Waals surface area contributed by atoms with E-state index >= 15 is 0 Å². The van der Waals surface area contributed by atoms with Gasteiger partial charge in [0.1, 0.15) is 18.1 Å². The number of likely N-dealkylation sites (N-methyl/N-ethyl adjacent to an activating group) is 1. The van der Waals surface area contributed by atoms with Crippen molar-refractivity contribution in [3.8, 4) is 22.6 Å². The Bertz CT molecular complexity index is 1210. The minimum atomic E-state index is -1.26. The van der Waals surface area contributed by atoms with Gasteiger partial charge in [-0.3, -0.25) is 9.69 Å². The average molecular weight is 448 g/mol. The van der Waals surface area contributed by atoms with Crippen molar-refractivity contribution in [3.05, 3.63) is 77.9 Å². The van der Waals surface area contributed by atoms with Crippen molar-refractivity contribution in [1.82, 2.24) is 9.88 Å². The number of pyridine rings is 1. The molecule has 0 saturated carbocycles. The van der Waals surface area contributed by atoms with Crippen LogP contribution in [0.25, 0.3) is 11.1 Å². The van der Waals surface area contributed by atoms with E-state index in [0.29, 0.717) is 28.9 Å². The molecule has 1 aromatic heterocycles. The van der Waals surface area contributed by atoms with Crippen LogP contribution in [0.3, 0.4) is 0 Å². The van der Waals surface area contributed by atoms with Gasteiger partial charge in [-0.05, 0) is 53.9 Å². The number of aliphatic imine (C=N–C) groups is 1. The van der Waals surface area contributed by atoms with Crippen molar-refractivity contribution in [1.29, 1.82) is 0 Å². The minimum Gasteiger partial charge on any atom is -0.497 e. The number of hydrogen-bond acceptors (Lipinski definition) is 6. The number of hydrogen-bond donors (Lipinski definition) is 1. The van der Waals surface area contributed by atoms with E-state index in [2.05, 4.69) is 9.98 Å². The van der Waals surface area contributed by atoms with Crippen LogP contribution in [0.2, 0.25) is 0 Å².